The quantitative estimate of drug-likeness (QED) is 0.0475. The minimum atomic E-state index is -0.992. The second-order valence-electron chi connectivity index (χ2n) is 16.5. The Bertz CT molecular complexity index is 2270. The lowest BCUT2D eigenvalue weighted by atomic mass is 9.89. The van der Waals surface area contributed by atoms with Gasteiger partial charge >= 0.3 is 12.1 Å². The normalized spacial score (nSPS) is 17.2. The van der Waals surface area contributed by atoms with Crippen LogP contribution in [0.3, 0.4) is 0 Å². The number of nitrogens with zero attached hydrogens (tertiary/aromatic N) is 2. The van der Waals surface area contributed by atoms with E-state index < -0.39 is 12.2 Å². The predicted octanol–water partition coefficient (Wildman–Crippen LogP) is 6.87. The summed E-state index contributed by atoms with van der Waals surface area (Å²) in [6.45, 7) is 7.16. The number of carbonyl (C=O) groups is 3. The zero-order chi connectivity index (χ0) is 45.1. The number of piperidine rings is 4. The highest BCUT2D eigenvalue weighted by atomic mass is 16.5. The smallest absolute Gasteiger partial charge is 0.404 e. The van der Waals surface area contributed by atoms with Crippen molar-refractivity contribution in [2.24, 2.45) is 11.8 Å². The molecule has 4 aromatic carbocycles. The number of aliphatic hydroxyl groups excluding tert-OH is 1. The Balaban J connectivity index is 0.000000291. The number of fused-ring (bicyclic) bond motifs is 4. The number of para-hydroxylation sites is 1. The zero-order valence-corrected chi connectivity index (χ0v) is 36.3. The molecule has 4 fully saturated rings. The van der Waals surface area contributed by atoms with Crippen molar-refractivity contribution in [2.75, 3.05) is 52.4 Å². The fourth-order valence-electron chi connectivity index (χ4n) is 8.16. The van der Waals surface area contributed by atoms with Gasteiger partial charge in [-0.2, -0.15) is 0 Å². The molecule has 6 N–H and O–H groups in total. The minimum Gasteiger partial charge on any atom is -0.506 e. The monoisotopic (exact) mass is 875 g/mol. The van der Waals surface area contributed by atoms with Gasteiger partial charge in [0.15, 0.2) is 0 Å². The third-order valence-corrected chi connectivity index (χ3v) is 11.9. The molecule has 4 aliphatic rings. The molecule has 14 nitrogen and oxygen atoms in total. The van der Waals surface area contributed by atoms with Crippen molar-refractivity contribution in [3.8, 4) is 11.5 Å². The second kappa shape index (κ2) is 24.6. The number of hydrogen-bond acceptors (Lipinski definition) is 10. The van der Waals surface area contributed by atoms with E-state index in [1.807, 2.05) is 84.9 Å². The topological polar surface area (TPSA) is 194 Å². The molecule has 1 atom stereocenters. The van der Waals surface area contributed by atoms with Gasteiger partial charge in [0.05, 0.1) is 24.1 Å². The maximum absolute atomic E-state index is 13.1. The maximum Gasteiger partial charge on any atom is 0.404 e. The number of esters is 1. The van der Waals surface area contributed by atoms with Crippen LogP contribution in [0.2, 0.25) is 0 Å². The molecular formula is C50H61N5O9. The summed E-state index contributed by atoms with van der Waals surface area (Å²) in [4.78, 5) is 54.4. The van der Waals surface area contributed by atoms with Gasteiger partial charge in [-0.05, 0) is 130 Å². The van der Waals surface area contributed by atoms with Gasteiger partial charge in [-0.3, -0.25) is 14.4 Å². The number of unbranched alkanes of at least 4 members (excludes halogenated alkanes) is 1. The summed E-state index contributed by atoms with van der Waals surface area (Å²) in [5.41, 5.74) is 3.07. The molecule has 0 unspecified atom stereocenters. The average molecular weight is 876 g/mol. The number of aliphatic hydroxyl groups is 1. The van der Waals surface area contributed by atoms with Crippen LogP contribution < -0.4 is 20.9 Å². The Morgan fingerprint density at radius 3 is 2.12 bits per heavy atom. The van der Waals surface area contributed by atoms with Gasteiger partial charge in [0.25, 0.3) is 5.91 Å². The van der Waals surface area contributed by atoms with Crippen molar-refractivity contribution in [3.05, 3.63) is 142 Å². The summed E-state index contributed by atoms with van der Waals surface area (Å²) in [5.74, 6) is 1.35. The van der Waals surface area contributed by atoms with Crippen LogP contribution in [-0.4, -0.2) is 100 Å². The Morgan fingerprint density at radius 2 is 1.47 bits per heavy atom. The van der Waals surface area contributed by atoms with Crippen molar-refractivity contribution >= 4 is 28.9 Å². The van der Waals surface area contributed by atoms with Gasteiger partial charge < -0.3 is 50.2 Å². The third kappa shape index (κ3) is 14.7. The first-order chi connectivity index (χ1) is 31.1. The Hall–Kier alpha value is -6.22. The molecule has 9 rings (SSSR count). The molecule has 5 heterocycles. The number of benzene rings is 4. The molecule has 4 saturated heterocycles. The van der Waals surface area contributed by atoms with Crippen LogP contribution in [0.25, 0.3) is 10.9 Å². The molecule has 2 amide bonds. The van der Waals surface area contributed by atoms with Crippen molar-refractivity contribution in [1.29, 1.82) is 0 Å². The van der Waals surface area contributed by atoms with Crippen LogP contribution >= 0.6 is 0 Å². The summed E-state index contributed by atoms with van der Waals surface area (Å²) in [5, 5.41) is 35.0. The van der Waals surface area contributed by atoms with Gasteiger partial charge in [-0.25, -0.2) is 4.79 Å². The van der Waals surface area contributed by atoms with Gasteiger partial charge in [0, 0.05) is 43.2 Å². The molecule has 1 aromatic heterocycles. The molecule has 0 radical (unpaired) electrons. The number of rotatable bonds is 15. The number of likely N-dealkylation sites (tertiary alicyclic amines) is 1. The lowest BCUT2D eigenvalue weighted by Gasteiger charge is -2.38. The largest absolute Gasteiger partial charge is 0.506 e. The molecule has 0 spiro atoms. The van der Waals surface area contributed by atoms with Crippen molar-refractivity contribution in [3.63, 3.8) is 0 Å². The van der Waals surface area contributed by atoms with E-state index in [9.17, 15) is 29.4 Å². The first-order valence-electron chi connectivity index (χ1n) is 22.3. The summed E-state index contributed by atoms with van der Waals surface area (Å²) in [6, 6.07) is 32.4. The van der Waals surface area contributed by atoms with E-state index in [1.165, 1.54) is 51.0 Å². The minimum absolute atomic E-state index is 0.0467. The Morgan fingerprint density at radius 1 is 0.781 bits per heavy atom. The van der Waals surface area contributed by atoms with Gasteiger partial charge in [-0.15, -0.1) is 0 Å². The van der Waals surface area contributed by atoms with E-state index in [1.54, 1.807) is 17.0 Å². The molecule has 0 aliphatic carbocycles. The number of amides is 2. The number of carbonyl (C=O) groups excluding carboxylic acids is 2. The Labute approximate surface area is 374 Å². The number of phenolic OH excluding ortho intramolecular Hbond substituents is 1. The number of nitrogens with one attached hydrogen (secondary N) is 3. The first kappa shape index (κ1) is 47.3. The molecule has 0 saturated carbocycles. The van der Waals surface area contributed by atoms with Gasteiger partial charge in [0.1, 0.15) is 18.1 Å². The SMILES string of the molecule is C1CN2CCC1CC2.O=C(O)NCc1ccccc1.O=C(OCCCCNC[C@H](O)c1ccc(O)c2[nH]c(=O)ccc12)C1CCN(C(=O)c2cccc(COc3ccccc3)c2)CC1. The zero-order valence-electron chi connectivity index (χ0n) is 36.3. The molecule has 14 heteroatoms. The standard InChI is InChI=1S/C35H39N3O7.C8H9NO2.C7H13N/c39-30-13-11-28(29-12-14-32(41)37-33(29)30)31(40)22-36-17-4-5-20-44-35(43)25-15-18-38(19-16-25)34(42)26-8-6-7-24(21-26)23-45-27-9-2-1-3-10-27;10-8(11)9-6-7-4-2-1-3-5-7;1-4-8-5-2-7(1)3-6-8/h1-3,6-14,21,25,31,36,39-40H,4-5,15-20,22-23H2,(H,37,41);1-5,9H,6H2,(H,10,11);7H,1-6H2/t31-;;/m0../s1. The van der Waals surface area contributed by atoms with Crippen molar-refractivity contribution in [1.82, 2.24) is 25.4 Å². The van der Waals surface area contributed by atoms with E-state index in [4.69, 9.17) is 14.6 Å². The second-order valence-corrected chi connectivity index (χ2v) is 16.5. The number of aromatic nitrogens is 1. The maximum atomic E-state index is 13.1. The molecule has 2 bridgehead atoms. The number of hydrogen-bond donors (Lipinski definition) is 6. The lowest BCUT2D eigenvalue weighted by molar-refractivity contribution is -0.150. The van der Waals surface area contributed by atoms with Crippen molar-refractivity contribution < 1.29 is 39.2 Å². The predicted molar refractivity (Wildman–Crippen MR) is 245 cm³/mol. The van der Waals surface area contributed by atoms with Crippen LogP contribution in [-0.2, 0) is 22.7 Å². The molecule has 5 aromatic rings. The first-order valence-corrected chi connectivity index (χ1v) is 22.3. The van der Waals surface area contributed by atoms with E-state index in [2.05, 4.69) is 20.5 Å². The van der Waals surface area contributed by atoms with Crippen LogP contribution in [0.4, 0.5) is 4.79 Å². The number of carboxylic acid groups (broad SMARTS) is 1. The highest BCUT2D eigenvalue weighted by Crippen LogP contribution is 2.29. The summed E-state index contributed by atoms with van der Waals surface area (Å²) < 4.78 is 11.3. The lowest BCUT2D eigenvalue weighted by Crippen LogP contribution is -2.41. The fraction of sp³-hybridized carbons (Fsp3) is 0.400. The van der Waals surface area contributed by atoms with Gasteiger partial charge in [-0.1, -0.05) is 66.7 Å². The van der Waals surface area contributed by atoms with Crippen LogP contribution in [0.15, 0.2) is 114 Å². The Kier molecular flexibility index (Phi) is 18.2. The number of H-pyrrole nitrogens is 1. The number of aromatic amines is 1. The number of aromatic hydroxyl groups is 1. The van der Waals surface area contributed by atoms with E-state index >= 15 is 0 Å². The molecular weight excluding hydrogens is 815 g/mol. The van der Waals surface area contributed by atoms with E-state index in [0.717, 1.165) is 29.2 Å². The van der Waals surface area contributed by atoms with Crippen molar-refractivity contribution in [2.45, 2.75) is 64.2 Å². The number of phenols is 1. The highest BCUT2D eigenvalue weighted by Gasteiger charge is 2.29. The van der Waals surface area contributed by atoms with Gasteiger partial charge in [0.2, 0.25) is 5.56 Å². The third-order valence-electron chi connectivity index (χ3n) is 11.9. The summed E-state index contributed by atoms with van der Waals surface area (Å²) in [7, 11) is 0. The molecule has 340 valence electrons. The average Bonchev–Trinajstić information content (AvgIpc) is 3.34. The van der Waals surface area contributed by atoms with Crippen LogP contribution in [0, 0.1) is 11.8 Å². The number of ether oxygens (including phenoxy) is 2. The van der Waals surface area contributed by atoms with E-state index in [0.29, 0.717) is 87.2 Å². The fourth-order valence-corrected chi connectivity index (χ4v) is 8.16. The highest BCUT2D eigenvalue weighted by molar-refractivity contribution is 5.94. The molecule has 64 heavy (non-hydrogen) atoms. The number of pyridine rings is 1. The summed E-state index contributed by atoms with van der Waals surface area (Å²) >= 11 is 0. The van der Waals surface area contributed by atoms with Crippen LogP contribution in [0.1, 0.15) is 78.1 Å². The van der Waals surface area contributed by atoms with Crippen LogP contribution in [0.5, 0.6) is 11.5 Å². The summed E-state index contributed by atoms with van der Waals surface area (Å²) in [6.07, 6.45) is 5.22. The van der Waals surface area contributed by atoms with E-state index in [-0.39, 0.29) is 29.1 Å². The molecule has 4 aliphatic heterocycles.